The van der Waals surface area contributed by atoms with Crippen molar-refractivity contribution in [3.63, 3.8) is 0 Å². The molecule has 2 rings (SSSR count). The van der Waals surface area contributed by atoms with E-state index in [1.807, 2.05) is 6.92 Å². The Kier molecular flexibility index (Phi) is 4.36. The summed E-state index contributed by atoms with van der Waals surface area (Å²) in [4.78, 5) is 16.3. The molecule has 1 heterocycles. The van der Waals surface area contributed by atoms with E-state index in [9.17, 15) is 4.79 Å². The molecule has 3 heteroatoms. The van der Waals surface area contributed by atoms with Crippen molar-refractivity contribution in [2.24, 2.45) is 0 Å². The van der Waals surface area contributed by atoms with E-state index in [0.717, 1.165) is 19.1 Å². The number of Topliss-reactive ketones (excluding diaryl/α,β-unsaturated/α-hetero) is 1. The minimum atomic E-state index is 0.384. The van der Waals surface area contributed by atoms with Crippen LogP contribution in [0, 0.1) is 0 Å². The van der Waals surface area contributed by atoms with Crippen molar-refractivity contribution in [2.75, 3.05) is 32.7 Å². The summed E-state index contributed by atoms with van der Waals surface area (Å²) >= 11 is 0. The van der Waals surface area contributed by atoms with Crippen LogP contribution in [-0.2, 0) is 4.79 Å². The molecule has 16 heavy (non-hydrogen) atoms. The number of nitrogens with zero attached hydrogens (tertiary/aromatic N) is 2. The molecule has 92 valence electrons. The molecule has 0 aromatic rings. The molecule has 0 unspecified atom stereocenters. The zero-order chi connectivity index (χ0) is 11.4. The Morgan fingerprint density at radius 2 is 1.75 bits per heavy atom. The maximum absolute atomic E-state index is 11.4. The molecule has 0 aromatic heterocycles. The Morgan fingerprint density at radius 1 is 1.12 bits per heavy atom. The van der Waals surface area contributed by atoms with Crippen LogP contribution in [0.25, 0.3) is 0 Å². The molecule has 0 spiro atoms. The molecule has 1 aliphatic heterocycles. The molecule has 2 aliphatic rings. The van der Waals surface area contributed by atoms with Gasteiger partial charge in [0.2, 0.25) is 0 Å². The molecule has 0 bridgehead atoms. The van der Waals surface area contributed by atoms with Crippen LogP contribution in [0.2, 0.25) is 0 Å². The van der Waals surface area contributed by atoms with Crippen LogP contribution in [0.1, 0.15) is 39.0 Å². The lowest BCUT2D eigenvalue weighted by Gasteiger charge is -2.37. The fraction of sp³-hybridized carbons (Fsp3) is 0.923. The Labute approximate surface area is 98.8 Å². The van der Waals surface area contributed by atoms with E-state index in [0.29, 0.717) is 18.7 Å². The summed E-state index contributed by atoms with van der Waals surface area (Å²) in [6.07, 6.45) is 6.31. The molecule has 1 aliphatic carbocycles. The molecule has 0 N–H and O–H groups in total. The lowest BCUT2D eigenvalue weighted by molar-refractivity contribution is -0.120. The Hall–Kier alpha value is -0.410. The van der Waals surface area contributed by atoms with Crippen molar-refractivity contribution >= 4 is 5.78 Å². The van der Waals surface area contributed by atoms with Gasteiger partial charge in [-0.25, -0.2) is 0 Å². The number of hydrogen-bond donors (Lipinski definition) is 0. The van der Waals surface area contributed by atoms with E-state index in [2.05, 4.69) is 9.80 Å². The van der Waals surface area contributed by atoms with E-state index >= 15 is 0 Å². The SMILES string of the molecule is CCC(=O)CN1CCN(C2CCCC2)CC1. The van der Waals surface area contributed by atoms with Crippen LogP contribution in [0.3, 0.4) is 0 Å². The highest BCUT2D eigenvalue weighted by Crippen LogP contribution is 2.24. The standard InChI is InChI=1S/C13H24N2O/c1-2-13(16)11-14-7-9-15(10-8-14)12-5-3-4-6-12/h12H,2-11H2,1H3. The molecule has 1 saturated heterocycles. The second kappa shape index (κ2) is 5.78. The van der Waals surface area contributed by atoms with Gasteiger partial charge in [0.15, 0.2) is 0 Å². The van der Waals surface area contributed by atoms with Gasteiger partial charge in [-0.3, -0.25) is 14.6 Å². The topological polar surface area (TPSA) is 23.6 Å². The number of carbonyl (C=O) groups is 1. The Balaban J connectivity index is 1.71. The molecule has 0 atom stereocenters. The number of ketones is 1. The first kappa shape index (κ1) is 12.1. The molecule has 3 nitrogen and oxygen atoms in total. The van der Waals surface area contributed by atoms with Gasteiger partial charge in [0, 0.05) is 38.6 Å². The van der Waals surface area contributed by atoms with Crippen molar-refractivity contribution in [3.8, 4) is 0 Å². The predicted octanol–water partition coefficient (Wildman–Crippen LogP) is 1.53. The van der Waals surface area contributed by atoms with Gasteiger partial charge in [-0.1, -0.05) is 19.8 Å². The summed E-state index contributed by atoms with van der Waals surface area (Å²) in [6, 6.07) is 0.851. The molecular formula is C13H24N2O. The minimum Gasteiger partial charge on any atom is -0.298 e. The van der Waals surface area contributed by atoms with Crippen molar-refractivity contribution in [1.29, 1.82) is 0 Å². The predicted molar refractivity (Wildman–Crippen MR) is 65.6 cm³/mol. The van der Waals surface area contributed by atoms with Crippen molar-refractivity contribution < 1.29 is 4.79 Å². The summed E-state index contributed by atoms with van der Waals surface area (Å²) in [5.41, 5.74) is 0. The average molecular weight is 224 g/mol. The molecule has 0 radical (unpaired) electrons. The lowest BCUT2D eigenvalue weighted by atomic mass is 10.1. The second-order valence-corrected chi connectivity index (χ2v) is 5.14. The molecule has 2 fully saturated rings. The van der Waals surface area contributed by atoms with E-state index in [4.69, 9.17) is 0 Å². The van der Waals surface area contributed by atoms with E-state index in [1.54, 1.807) is 0 Å². The first-order chi connectivity index (χ1) is 7.79. The number of piperazine rings is 1. The van der Waals surface area contributed by atoms with Crippen LogP contribution in [-0.4, -0.2) is 54.3 Å². The number of rotatable bonds is 4. The van der Waals surface area contributed by atoms with Gasteiger partial charge < -0.3 is 0 Å². The van der Waals surface area contributed by atoms with Crippen LogP contribution < -0.4 is 0 Å². The van der Waals surface area contributed by atoms with Crippen LogP contribution in [0.15, 0.2) is 0 Å². The van der Waals surface area contributed by atoms with Crippen LogP contribution in [0.5, 0.6) is 0 Å². The summed E-state index contributed by atoms with van der Waals surface area (Å²) in [5.74, 6) is 0.384. The minimum absolute atomic E-state index is 0.384. The smallest absolute Gasteiger partial charge is 0.146 e. The highest BCUT2D eigenvalue weighted by molar-refractivity contribution is 5.80. The van der Waals surface area contributed by atoms with Gasteiger partial charge in [-0.05, 0) is 12.8 Å². The average Bonchev–Trinajstić information content (AvgIpc) is 2.83. The van der Waals surface area contributed by atoms with Crippen molar-refractivity contribution in [3.05, 3.63) is 0 Å². The summed E-state index contributed by atoms with van der Waals surface area (Å²) in [6.45, 7) is 7.14. The number of carbonyl (C=O) groups excluding carboxylic acids is 1. The van der Waals surface area contributed by atoms with Gasteiger partial charge in [0.1, 0.15) is 5.78 Å². The van der Waals surface area contributed by atoms with Gasteiger partial charge in [-0.2, -0.15) is 0 Å². The molecule has 1 saturated carbocycles. The lowest BCUT2D eigenvalue weighted by Crippen LogP contribution is -2.50. The van der Waals surface area contributed by atoms with E-state index in [1.165, 1.54) is 38.8 Å². The first-order valence-corrected chi connectivity index (χ1v) is 6.77. The first-order valence-electron chi connectivity index (χ1n) is 6.77. The Bertz CT molecular complexity index is 228. The maximum Gasteiger partial charge on any atom is 0.146 e. The quantitative estimate of drug-likeness (QED) is 0.723. The third-order valence-electron chi connectivity index (χ3n) is 4.04. The number of hydrogen-bond acceptors (Lipinski definition) is 3. The third kappa shape index (κ3) is 3.05. The van der Waals surface area contributed by atoms with Crippen LogP contribution >= 0.6 is 0 Å². The van der Waals surface area contributed by atoms with Crippen LogP contribution in [0.4, 0.5) is 0 Å². The van der Waals surface area contributed by atoms with Gasteiger partial charge in [0.05, 0.1) is 6.54 Å². The molecule has 0 aromatic carbocycles. The van der Waals surface area contributed by atoms with E-state index in [-0.39, 0.29) is 0 Å². The van der Waals surface area contributed by atoms with Gasteiger partial charge in [-0.15, -0.1) is 0 Å². The third-order valence-corrected chi connectivity index (χ3v) is 4.04. The second-order valence-electron chi connectivity index (χ2n) is 5.14. The van der Waals surface area contributed by atoms with Gasteiger partial charge >= 0.3 is 0 Å². The normalized spacial score (nSPS) is 25.1. The molecular weight excluding hydrogens is 200 g/mol. The van der Waals surface area contributed by atoms with E-state index < -0.39 is 0 Å². The largest absolute Gasteiger partial charge is 0.298 e. The fourth-order valence-electron chi connectivity index (χ4n) is 2.92. The molecule has 0 amide bonds. The fourth-order valence-corrected chi connectivity index (χ4v) is 2.92. The zero-order valence-electron chi connectivity index (χ0n) is 10.5. The summed E-state index contributed by atoms with van der Waals surface area (Å²) in [7, 11) is 0. The van der Waals surface area contributed by atoms with Crippen molar-refractivity contribution in [2.45, 2.75) is 45.1 Å². The van der Waals surface area contributed by atoms with Gasteiger partial charge in [0.25, 0.3) is 0 Å². The Morgan fingerprint density at radius 3 is 2.31 bits per heavy atom. The summed E-state index contributed by atoms with van der Waals surface area (Å²) < 4.78 is 0. The zero-order valence-corrected chi connectivity index (χ0v) is 10.5. The highest BCUT2D eigenvalue weighted by Gasteiger charge is 2.26. The maximum atomic E-state index is 11.4. The highest BCUT2D eigenvalue weighted by atomic mass is 16.1. The van der Waals surface area contributed by atoms with Crippen molar-refractivity contribution in [1.82, 2.24) is 9.80 Å². The monoisotopic (exact) mass is 224 g/mol. The summed E-state index contributed by atoms with van der Waals surface area (Å²) in [5, 5.41) is 0.